The average Bonchev–Trinajstić information content (AvgIpc) is 2.70. The summed E-state index contributed by atoms with van der Waals surface area (Å²) in [5, 5.41) is 4.00. The number of nitrogens with zero attached hydrogens (tertiary/aromatic N) is 2. The van der Waals surface area contributed by atoms with Gasteiger partial charge in [0.25, 0.3) is 0 Å². The molecule has 28 heavy (non-hydrogen) atoms. The summed E-state index contributed by atoms with van der Waals surface area (Å²) < 4.78 is 6.55. The van der Waals surface area contributed by atoms with Gasteiger partial charge in [-0.15, -0.1) is 0 Å². The number of rotatable bonds is 7. The van der Waals surface area contributed by atoms with Crippen LogP contribution in [0.15, 0.2) is 77.5 Å². The Morgan fingerprint density at radius 3 is 2.50 bits per heavy atom. The van der Waals surface area contributed by atoms with E-state index in [2.05, 4.69) is 49.3 Å². The zero-order valence-corrected chi connectivity index (χ0v) is 18.0. The topological polar surface area (TPSA) is 37.4 Å². The molecular weight excluding hydrogens is 434 g/mol. The standard InChI is InChI=1S/C22H22BrN3OS/c1-2-27-21-10-8-20(9-11-21)25-22(28)26(16-18-6-4-12-24-14-18)15-17-5-3-7-19(23)13-17/h3-14H,2,15-16H2,1H3,(H,25,28). The second-order valence-electron chi connectivity index (χ2n) is 6.23. The minimum Gasteiger partial charge on any atom is -0.494 e. The van der Waals surface area contributed by atoms with Crippen molar-refractivity contribution in [1.82, 2.24) is 9.88 Å². The van der Waals surface area contributed by atoms with E-state index in [4.69, 9.17) is 17.0 Å². The van der Waals surface area contributed by atoms with Crippen LogP contribution >= 0.6 is 28.1 Å². The number of thiocarbonyl (C=S) groups is 1. The molecule has 1 heterocycles. The van der Waals surface area contributed by atoms with Crippen LogP contribution in [0, 0.1) is 0 Å². The molecule has 1 N–H and O–H groups in total. The molecule has 1 aromatic heterocycles. The van der Waals surface area contributed by atoms with Crippen molar-refractivity contribution < 1.29 is 4.74 Å². The summed E-state index contributed by atoms with van der Waals surface area (Å²) in [5.74, 6) is 0.848. The fourth-order valence-corrected chi connectivity index (χ4v) is 3.46. The van der Waals surface area contributed by atoms with Gasteiger partial charge < -0.3 is 15.0 Å². The highest BCUT2D eigenvalue weighted by Crippen LogP contribution is 2.19. The molecule has 0 aliphatic carbocycles. The first-order valence-electron chi connectivity index (χ1n) is 9.06. The average molecular weight is 456 g/mol. The largest absolute Gasteiger partial charge is 0.494 e. The van der Waals surface area contributed by atoms with E-state index in [1.54, 1.807) is 6.20 Å². The summed E-state index contributed by atoms with van der Waals surface area (Å²) >= 11 is 9.26. The summed E-state index contributed by atoms with van der Waals surface area (Å²) in [6, 6.07) is 20.1. The Labute approximate surface area is 179 Å². The molecule has 0 unspecified atom stereocenters. The predicted molar refractivity (Wildman–Crippen MR) is 121 cm³/mol. The first-order chi connectivity index (χ1) is 13.6. The molecule has 2 aromatic carbocycles. The van der Waals surface area contributed by atoms with Gasteiger partial charge in [0.15, 0.2) is 5.11 Å². The molecule has 4 nitrogen and oxygen atoms in total. The van der Waals surface area contributed by atoms with Crippen molar-refractivity contribution in [1.29, 1.82) is 0 Å². The molecule has 0 bridgehead atoms. The lowest BCUT2D eigenvalue weighted by Gasteiger charge is -2.26. The minimum absolute atomic E-state index is 0.650. The van der Waals surface area contributed by atoms with Crippen molar-refractivity contribution in [3.05, 3.63) is 88.7 Å². The number of nitrogens with one attached hydrogen (secondary N) is 1. The van der Waals surface area contributed by atoms with Crippen LogP contribution in [0.5, 0.6) is 5.75 Å². The molecule has 0 saturated carbocycles. The highest BCUT2D eigenvalue weighted by molar-refractivity contribution is 9.10. The van der Waals surface area contributed by atoms with Crippen LogP contribution in [0.25, 0.3) is 0 Å². The lowest BCUT2D eigenvalue weighted by molar-refractivity contribution is 0.340. The lowest BCUT2D eigenvalue weighted by Crippen LogP contribution is -2.33. The molecule has 6 heteroatoms. The first kappa shape index (κ1) is 20.3. The third kappa shape index (κ3) is 6.04. The maximum absolute atomic E-state index is 5.72. The third-order valence-electron chi connectivity index (χ3n) is 4.06. The van der Waals surface area contributed by atoms with E-state index < -0.39 is 0 Å². The SMILES string of the molecule is CCOc1ccc(NC(=S)N(Cc2cccnc2)Cc2cccc(Br)c2)cc1. The van der Waals surface area contributed by atoms with Crippen LogP contribution in [0.4, 0.5) is 5.69 Å². The van der Waals surface area contributed by atoms with Crippen molar-refractivity contribution in [3.63, 3.8) is 0 Å². The number of halogens is 1. The fourth-order valence-electron chi connectivity index (χ4n) is 2.77. The number of pyridine rings is 1. The molecular formula is C22H22BrN3OS. The van der Waals surface area contributed by atoms with Crippen LogP contribution in [0.3, 0.4) is 0 Å². The van der Waals surface area contributed by atoms with Crippen LogP contribution in [-0.2, 0) is 13.1 Å². The third-order valence-corrected chi connectivity index (χ3v) is 4.92. The van der Waals surface area contributed by atoms with Gasteiger partial charge in [-0.25, -0.2) is 0 Å². The van der Waals surface area contributed by atoms with E-state index in [1.807, 2.05) is 55.6 Å². The van der Waals surface area contributed by atoms with Crippen LogP contribution in [0.2, 0.25) is 0 Å². The molecule has 0 radical (unpaired) electrons. The van der Waals surface area contributed by atoms with E-state index in [0.717, 1.165) is 21.5 Å². The number of anilines is 1. The Morgan fingerprint density at radius 2 is 1.82 bits per heavy atom. The second-order valence-corrected chi connectivity index (χ2v) is 7.54. The minimum atomic E-state index is 0.650. The number of hydrogen-bond acceptors (Lipinski definition) is 3. The first-order valence-corrected chi connectivity index (χ1v) is 10.3. The zero-order valence-electron chi connectivity index (χ0n) is 15.6. The molecule has 3 rings (SSSR count). The Morgan fingerprint density at radius 1 is 1.07 bits per heavy atom. The highest BCUT2D eigenvalue weighted by Gasteiger charge is 2.12. The maximum Gasteiger partial charge on any atom is 0.174 e. The number of ether oxygens (including phenoxy) is 1. The normalized spacial score (nSPS) is 10.4. The van der Waals surface area contributed by atoms with Crippen molar-refractivity contribution in [2.75, 3.05) is 11.9 Å². The number of benzene rings is 2. The van der Waals surface area contributed by atoms with Gasteiger partial charge in [-0.05, 0) is 72.7 Å². The Kier molecular flexibility index (Phi) is 7.39. The van der Waals surface area contributed by atoms with Crippen LogP contribution in [-0.4, -0.2) is 21.6 Å². The van der Waals surface area contributed by atoms with Gasteiger partial charge in [0.05, 0.1) is 6.61 Å². The van der Waals surface area contributed by atoms with Gasteiger partial charge in [0.2, 0.25) is 0 Å². The van der Waals surface area contributed by atoms with Crippen LogP contribution in [0.1, 0.15) is 18.1 Å². The summed E-state index contributed by atoms with van der Waals surface area (Å²) in [6.07, 6.45) is 3.64. The molecule has 144 valence electrons. The predicted octanol–water partition coefficient (Wildman–Crippen LogP) is 5.64. The zero-order chi connectivity index (χ0) is 19.8. The Balaban J connectivity index is 1.75. The molecule has 3 aromatic rings. The van der Waals surface area contributed by atoms with Crippen LogP contribution < -0.4 is 10.1 Å². The van der Waals surface area contributed by atoms with E-state index in [1.165, 1.54) is 5.56 Å². The molecule has 0 aliphatic rings. The van der Waals surface area contributed by atoms with Gasteiger partial charge in [-0.2, -0.15) is 0 Å². The number of hydrogen-bond donors (Lipinski definition) is 1. The molecule has 0 aliphatic heterocycles. The summed E-state index contributed by atoms with van der Waals surface area (Å²) in [6.45, 7) is 3.98. The van der Waals surface area contributed by atoms with Crippen molar-refractivity contribution in [2.24, 2.45) is 0 Å². The summed E-state index contributed by atoms with van der Waals surface area (Å²) in [4.78, 5) is 6.35. The van der Waals surface area contributed by atoms with Gasteiger partial charge in [-0.1, -0.05) is 34.1 Å². The maximum atomic E-state index is 5.72. The molecule has 0 fully saturated rings. The van der Waals surface area contributed by atoms with Gasteiger partial charge in [-0.3, -0.25) is 4.98 Å². The summed E-state index contributed by atoms with van der Waals surface area (Å²) in [7, 11) is 0. The number of aromatic nitrogens is 1. The van der Waals surface area contributed by atoms with Crippen molar-refractivity contribution >= 4 is 38.9 Å². The van der Waals surface area contributed by atoms with E-state index in [0.29, 0.717) is 24.8 Å². The van der Waals surface area contributed by atoms with Gasteiger partial charge in [0, 0.05) is 35.6 Å². The van der Waals surface area contributed by atoms with Gasteiger partial charge >= 0.3 is 0 Å². The Hall–Kier alpha value is -2.44. The van der Waals surface area contributed by atoms with Crippen molar-refractivity contribution in [3.8, 4) is 5.75 Å². The summed E-state index contributed by atoms with van der Waals surface area (Å²) in [5.41, 5.74) is 3.21. The smallest absolute Gasteiger partial charge is 0.174 e. The molecule has 0 amide bonds. The van der Waals surface area contributed by atoms with E-state index >= 15 is 0 Å². The van der Waals surface area contributed by atoms with E-state index in [-0.39, 0.29) is 0 Å². The molecule has 0 spiro atoms. The Bertz CT molecular complexity index is 903. The second kappa shape index (κ2) is 10.2. The van der Waals surface area contributed by atoms with E-state index in [9.17, 15) is 0 Å². The van der Waals surface area contributed by atoms with Gasteiger partial charge in [0.1, 0.15) is 5.75 Å². The quantitative estimate of drug-likeness (QED) is 0.466. The molecule has 0 saturated heterocycles. The highest BCUT2D eigenvalue weighted by atomic mass is 79.9. The molecule has 0 atom stereocenters. The monoisotopic (exact) mass is 455 g/mol. The van der Waals surface area contributed by atoms with Crippen molar-refractivity contribution in [2.45, 2.75) is 20.0 Å². The fraction of sp³-hybridized carbons (Fsp3) is 0.182. The lowest BCUT2D eigenvalue weighted by atomic mass is 10.2.